The van der Waals surface area contributed by atoms with Crippen LogP contribution in [0, 0.1) is 6.15 Å². The van der Waals surface area contributed by atoms with Crippen molar-refractivity contribution in [3.63, 3.8) is 0 Å². The number of halogens is 4. The monoisotopic (exact) mass is 156 g/mol. The largest absolute Gasteiger partial charge is 0.266 e. The second-order valence-corrected chi connectivity index (χ2v) is 3.86. The maximum Gasteiger partial charge on any atom is 0.266 e. The summed E-state index contributed by atoms with van der Waals surface area (Å²) in [5, 5.41) is 0. The Balaban J connectivity index is 0. The molecule has 0 heterocycles. The molecule has 0 saturated carbocycles. The Kier molecular flexibility index (Phi) is 5.27. The Bertz CT molecular complexity index is 23.0. The van der Waals surface area contributed by atoms with Gasteiger partial charge in [-0.25, -0.2) is 0 Å². The zero-order valence-electron chi connectivity index (χ0n) is 2.72. The molecule has 0 aromatic rings. The van der Waals surface area contributed by atoms with Crippen LogP contribution in [-0.4, -0.2) is 3.25 Å². The molecular weight excluding hydrogens is 158 g/mol. The first-order chi connectivity index (χ1) is 2.00. The van der Waals surface area contributed by atoms with Gasteiger partial charge in [0, 0.05) is 6.15 Å². The second-order valence-electron chi connectivity index (χ2n) is 0.429. The molecule has 0 fully saturated rings. The van der Waals surface area contributed by atoms with Gasteiger partial charge in [0.05, 0.1) is 0 Å². The number of hydrogen-bond acceptors (Lipinski definition) is 0. The molecule has 0 aliphatic heterocycles. The Morgan fingerprint density at radius 2 is 0.833 bits per heavy atom. The smallest absolute Gasteiger partial charge is 0.0664 e. The van der Waals surface area contributed by atoms with Crippen molar-refractivity contribution in [2.24, 2.45) is 0 Å². The normalized spacial score (nSPS) is 10.0. The van der Waals surface area contributed by atoms with Crippen LogP contribution in [0.3, 0.4) is 0 Å². The number of alkyl halides is 4. The summed E-state index contributed by atoms with van der Waals surface area (Å²) in [5.74, 6) is 0. The molecule has 0 spiro atoms. The maximum atomic E-state index is 4.83. The van der Waals surface area contributed by atoms with Crippen LogP contribution in [0.25, 0.3) is 0 Å². The van der Waals surface area contributed by atoms with Gasteiger partial charge in [-0.05, 0) is 0 Å². The van der Waals surface area contributed by atoms with Gasteiger partial charge >= 0.3 is 0 Å². The summed E-state index contributed by atoms with van der Waals surface area (Å²) in [6.45, 7) is 0. The SMILES string of the molecule is ClC(Cl)(Cl)Cl.[He]. The average molecular weight is 158 g/mol. The summed E-state index contributed by atoms with van der Waals surface area (Å²) in [6.07, 6.45) is 0. The third-order valence-corrected chi connectivity index (χ3v) is 0. The van der Waals surface area contributed by atoms with Gasteiger partial charge in [0.1, 0.15) is 0 Å². The molecule has 0 N–H and O–H groups in total. The van der Waals surface area contributed by atoms with E-state index in [1.807, 2.05) is 0 Å². The van der Waals surface area contributed by atoms with Crippen LogP contribution in [-0.2, 0) is 0 Å². The zero-order valence-corrected chi connectivity index (χ0v) is 5.74. The summed E-state index contributed by atoms with van der Waals surface area (Å²) >= 11 is 19.3. The topological polar surface area (TPSA) is 0 Å². The van der Waals surface area contributed by atoms with Crippen LogP contribution in [0.5, 0.6) is 0 Å². The zero-order chi connectivity index (χ0) is 4.50. The van der Waals surface area contributed by atoms with Crippen molar-refractivity contribution in [3.05, 3.63) is 0 Å². The Morgan fingerprint density at radius 3 is 0.833 bits per heavy atom. The molecule has 0 rings (SSSR count). The molecule has 0 aliphatic carbocycles. The van der Waals surface area contributed by atoms with E-state index in [1.165, 1.54) is 0 Å². The van der Waals surface area contributed by atoms with Crippen LogP contribution in [0.1, 0.15) is 0 Å². The van der Waals surface area contributed by atoms with Gasteiger partial charge in [0.2, 0.25) is 0 Å². The fourth-order valence-electron chi connectivity index (χ4n) is 0. The molecule has 0 aromatic heterocycles. The van der Waals surface area contributed by atoms with E-state index in [2.05, 4.69) is 0 Å². The predicted molar refractivity (Wildman–Crippen MR) is 26.1 cm³/mol. The summed E-state index contributed by atoms with van der Waals surface area (Å²) in [4.78, 5) is 0. The second kappa shape index (κ2) is 3.12. The number of rotatable bonds is 0. The first-order valence-corrected chi connectivity index (χ1v) is 2.27. The van der Waals surface area contributed by atoms with E-state index in [0.717, 1.165) is 0 Å². The first-order valence-electron chi connectivity index (χ1n) is 0.756. The standard InChI is InChI=1S/CCl4.He/c2-1(3,4)5;. The molecule has 34 valence electrons. The molecule has 0 atom stereocenters. The van der Waals surface area contributed by atoms with Crippen molar-refractivity contribution in [1.29, 1.82) is 0 Å². The molecule has 0 aliphatic rings. The molecule has 0 nitrogen and oxygen atoms in total. The van der Waals surface area contributed by atoms with Gasteiger partial charge in [-0.3, -0.25) is 0 Å². The van der Waals surface area contributed by atoms with Gasteiger partial charge in [-0.2, -0.15) is 0 Å². The fraction of sp³-hybridized carbons (Fsp3) is 1.00. The van der Waals surface area contributed by atoms with E-state index >= 15 is 0 Å². The predicted octanol–water partition coefficient (Wildman–Crippen LogP) is 2.55. The molecular formula is CCl4He. The van der Waals surface area contributed by atoms with E-state index in [1.54, 1.807) is 0 Å². The number of hydrogen-bond donors (Lipinski definition) is 0. The van der Waals surface area contributed by atoms with E-state index < -0.39 is 3.25 Å². The minimum atomic E-state index is -1.61. The maximum absolute atomic E-state index is 4.83. The Labute approximate surface area is 56.1 Å². The van der Waals surface area contributed by atoms with Crippen molar-refractivity contribution < 1.29 is 6.15 Å². The molecule has 0 unspecified atom stereocenters. The quantitative estimate of drug-likeness (QED) is 0.475. The van der Waals surface area contributed by atoms with E-state index in [9.17, 15) is 0 Å². The Hall–Kier alpha value is 1.07. The molecule has 0 aromatic carbocycles. The molecule has 0 saturated heterocycles. The van der Waals surface area contributed by atoms with Gasteiger partial charge in [0.25, 0.3) is 3.25 Å². The van der Waals surface area contributed by atoms with E-state index in [-0.39, 0.29) is 6.15 Å². The van der Waals surface area contributed by atoms with Crippen LogP contribution >= 0.6 is 46.4 Å². The van der Waals surface area contributed by atoms with Crippen LogP contribution in [0.15, 0.2) is 0 Å². The molecule has 0 radical (unpaired) electrons. The van der Waals surface area contributed by atoms with Crippen LogP contribution in [0.2, 0.25) is 0 Å². The first kappa shape index (κ1) is 10.1. The van der Waals surface area contributed by atoms with E-state index in [4.69, 9.17) is 46.4 Å². The molecule has 0 bridgehead atoms. The van der Waals surface area contributed by atoms with Crippen molar-refractivity contribution in [1.82, 2.24) is 0 Å². The van der Waals surface area contributed by atoms with Crippen molar-refractivity contribution in [2.45, 2.75) is 3.25 Å². The fourth-order valence-corrected chi connectivity index (χ4v) is 0. The third-order valence-electron chi connectivity index (χ3n) is 0. The van der Waals surface area contributed by atoms with Crippen molar-refractivity contribution >= 4 is 46.4 Å². The van der Waals surface area contributed by atoms with E-state index in [0.29, 0.717) is 0 Å². The molecule has 6 heavy (non-hydrogen) atoms. The van der Waals surface area contributed by atoms with Crippen molar-refractivity contribution in [3.8, 4) is 0 Å². The van der Waals surface area contributed by atoms with Crippen LogP contribution in [0.4, 0.5) is 0 Å². The van der Waals surface area contributed by atoms with Crippen molar-refractivity contribution in [2.75, 3.05) is 0 Å². The minimum absolute atomic E-state index is 0. The van der Waals surface area contributed by atoms with Gasteiger partial charge < -0.3 is 0 Å². The average Bonchev–Trinajstić information content (AvgIpc) is 0.722. The summed E-state index contributed by atoms with van der Waals surface area (Å²) in [5.41, 5.74) is 0. The van der Waals surface area contributed by atoms with Gasteiger partial charge in [-0.1, -0.05) is 46.4 Å². The van der Waals surface area contributed by atoms with Crippen LogP contribution < -0.4 is 0 Å². The minimum Gasteiger partial charge on any atom is -0.0664 e. The summed E-state index contributed by atoms with van der Waals surface area (Å²) in [6, 6.07) is 0. The Morgan fingerprint density at radius 1 is 0.833 bits per heavy atom. The summed E-state index contributed by atoms with van der Waals surface area (Å²) in [7, 11) is 0. The van der Waals surface area contributed by atoms with Gasteiger partial charge in [0.15, 0.2) is 0 Å². The molecule has 5 heteroatoms. The third kappa shape index (κ3) is 73.4. The molecule has 0 amide bonds. The summed E-state index contributed by atoms with van der Waals surface area (Å²) < 4.78 is -1.61. The van der Waals surface area contributed by atoms with Gasteiger partial charge in [-0.15, -0.1) is 0 Å².